The van der Waals surface area contributed by atoms with E-state index in [4.69, 9.17) is 0 Å². The van der Waals surface area contributed by atoms with Gasteiger partial charge < -0.3 is 5.11 Å². The maximum absolute atomic E-state index is 10.3. The molecule has 1 nitrogen and oxygen atoms in total. The molecule has 1 heteroatoms. The predicted molar refractivity (Wildman–Crippen MR) is 133 cm³/mol. The number of allylic oxidation sites excluding steroid dienone is 4. The van der Waals surface area contributed by atoms with Crippen molar-refractivity contribution in [1.82, 2.24) is 0 Å². The first-order valence-corrected chi connectivity index (χ1v) is 13.6. The molecule has 0 aromatic rings. The van der Waals surface area contributed by atoms with Crippen LogP contribution in [0.25, 0.3) is 0 Å². The molecule has 0 spiro atoms. The van der Waals surface area contributed by atoms with Crippen LogP contribution in [-0.2, 0) is 0 Å². The van der Waals surface area contributed by atoms with E-state index < -0.39 is 0 Å². The SMILES string of the molecule is CC[C@H](C=C[C@@H](C)[C@@H]1CC[C@@]2(C)C3=CC[C@@H]4C[C@H](O)CC[C@]4(C)[C@@H]3CC[C@]12C)C(C)C. The molecule has 0 heterocycles. The molecule has 4 rings (SSSR count). The Morgan fingerprint density at radius 3 is 2.45 bits per heavy atom. The summed E-state index contributed by atoms with van der Waals surface area (Å²) in [6.45, 7) is 17.5. The summed E-state index contributed by atoms with van der Waals surface area (Å²) in [5, 5.41) is 10.3. The fourth-order valence-corrected chi connectivity index (χ4v) is 9.05. The van der Waals surface area contributed by atoms with Crippen LogP contribution in [0.2, 0.25) is 0 Å². The topological polar surface area (TPSA) is 20.2 Å². The summed E-state index contributed by atoms with van der Waals surface area (Å²) in [6, 6.07) is 0. The molecule has 4 aliphatic carbocycles. The highest BCUT2D eigenvalue weighted by Crippen LogP contribution is 2.72. The first kappa shape index (κ1) is 23.6. The molecule has 0 radical (unpaired) electrons. The Kier molecular flexibility index (Phi) is 6.35. The van der Waals surface area contributed by atoms with Crippen molar-refractivity contribution in [3.8, 4) is 0 Å². The van der Waals surface area contributed by atoms with Gasteiger partial charge in [-0.05, 0) is 110 Å². The van der Waals surface area contributed by atoms with E-state index in [1.165, 1.54) is 44.9 Å². The van der Waals surface area contributed by atoms with Gasteiger partial charge in [0.1, 0.15) is 0 Å². The van der Waals surface area contributed by atoms with Gasteiger partial charge in [0.05, 0.1) is 6.10 Å². The lowest BCUT2D eigenvalue weighted by Gasteiger charge is -2.61. The van der Waals surface area contributed by atoms with Gasteiger partial charge in [0.25, 0.3) is 0 Å². The quantitative estimate of drug-likeness (QED) is 0.439. The second-order valence-corrected chi connectivity index (χ2v) is 13.1. The standard InChI is InChI=1S/C30H50O/c1-8-22(20(2)3)10-9-21(4)25-14-17-30(7)27-12-11-23-19-24(31)13-16-28(23,5)26(27)15-18-29(25,30)6/h9-10,12,20-26,31H,8,11,13-19H2,1-7H3/t21-,22-,23-,24-,25+,26-,28+,29-,30+/m1/s1. The summed E-state index contributed by atoms with van der Waals surface area (Å²) in [7, 11) is 0. The van der Waals surface area contributed by atoms with Crippen molar-refractivity contribution in [2.24, 2.45) is 51.8 Å². The Balaban J connectivity index is 1.59. The molecule has 31 heavy (non-hydrogen) atoms. The number of aliphatic hydroxyl groups excluding tert-OH is 1. The van der Waals surface area contributed by atoms with Gasteiger partial charge in [-0.3, -0.25) is 0 Å². The van der Waals surface area contributed by atoms with Gasteiger partial charge in [0, 0.05) is 0 Å². The van der Waals surface area contributed by atoms with Gasteiger partial charge >= 0.3 is 0 Å². The van der Waals surface area contributed by atoms with Gasteiger partial charge in [0.15, 0.2) is 0 Å². The first-order chi connectivity index (χ1) is 14.6. The Bertz CT molecular complexity index is 718. The van der Waals surface area contributed by atoms with E-state index in [1.54, 1.807) is 0 Å². The fraction of sp³-hybridized carbons (Fsp3) is 0.867. The lowest BCUT2D eigenvalue weighted by atomic mass is 9.43. The Morgan fingerprint density at radius 2 is 1.77 bits per heavy atom. The van der Waals surface area contributed by atoms with Crippen molar-refractivity contribution in [3.63, 3.8) is 0 Å². The van der Waals surface area contributed by atoms with Crippen LogP contribution in [-0.4, -0.2) is 11.2 Å². The Morgan fingerprint density at radius 1 is 1.03 bits per heavy atom. The third kappa shape index (κ3) is 3.60. The van der Waals surface area contributed by atoms with Crippen LogP contribution in [0.1, 0.15) is 106 Å². The molecular weight excluding hydrogens is 376 g/mol. The maximum atomic E-state index is 10.3. The predicted octanol–water partition coefficient (Wildman–Crippen LogP) is 8.19. The normalized spacial score (nSPS) is 46.9. The van der Waals surface area contributed by atoms with Crippen molar-refractivity contribution < 1.29 is 5.11 Å². The molecule has 176 valence electrons. The highest BCUT2D eigenvalue weighted by molar-refractivity contribution is 5.32. The zero-order valence-electron chi connectivity index (χ0n) is 21.6. The monoisotopic (exact) mass is 426 g/mol. The van der Waals surface area contributed by atoms with Crippen LogP contribution in [0.15, 0.2) is 23.8 Å². The molecule has 0 aliphatic heterocycles. The number of hydrogen-bond acceptors (Lipinski definition) is 1. The lowest BCUT2D eigenvalue weighted by Crippen LogP contribution is -2.53. The smallest absolute Gasteiger partial charge is 0.0543 e. The minimum atomic E-state index is -0.0567. The van der Waals surface area contributed by atoms with Crippen LogP contribution in [0.4, 0.5) is 0 Å². The van der Waals surface area contributed by atoms with Crippen LogP contribution in [0.5, 0.6) is 0 Å². The molecule has 3 fully saturated rings. The number of hydrogen-bond donors (Lipinski definition) is 1. The average molecular weight is 427 g/mol. The number of fused-ring (bicyclic) bond motifs is 5. The summed E-state index contributed by atoms with van der Waals surface area (Å²) < 4.78 is 0. The zero-order chi connectivity index (χ0) is 22.6. The molecule has 0 aromatic heterocycles. The largest absolute Gasteiger partial charge is 0.393 e. The number of rotatable bonds is 5. The highest BCUT2D eigenvalue weighted by Gasteiger charge is 2.63. The molecule has 0 saturated heterocycles. The molecule has 0 bridgehead atoms. The Labute approximate surface area is 193 Å². The van der Waals surface area contributed by atoms with Gasteiger partial charge in [-0.15, -0.1) is 0 Å². The van der Waals surface area contributed by atoms with E-state index in [0.29, 0.717) is 28.1 Å². The first-order valence-electron chi connectivity index (χ1n) is 13.6. The molecular formula is C30H50O. The summed E-state index contributed by atoms with van der Waals surface area (Å²) in [4.78, 5) is 0. The van der Waals surface area contributed by atoms with E-state index in [0.717, 1.165) is 36.5 Å². The molecule has 9 atom stereocenters. The van der Waals surface area contributed by atoms with E-state index in [-0.39, 0.29) is 6.10 Å². The summed E-state index contributed by atoms with van der Waals surface area (Å²) in [6.07, 6.45) is 19.0. The van der Waals surface area contributed by atoms with E-state index in [1.807, 2.05) is 5.57 Å². The summed E-state index contributed by atoms with van der Waals surface area (Å²) in [5.74, 6) is 4.39. The number of aliphatic hydroxyl groups is 1. The van der Waals surface area contributed by atoms with Crippen LogP contribution in [0.3, 0.4) is 0 Å². The van der Waals surface area contributed by atoms with Crippen molar-refractivity contribution in [2.45, 2.75) is 112 Å². The van der Waals surface area contributed by atoms with Crippen molar-refractivity contribution in [3.05, 3.63) is 23.8 Å². The maximum Gasteiger partial charge on any atom is 0.0543 e. The fourth-order valence-electron chi connectivity index (χ4n) is 9.05. The third-order valence-electron chi connectivity index (χ3n) is 11.5. The van der Waals surface area contributed by atoms with Crippen molar-refractivity contribution in [1.29, 1.82) is 0 Å². The van der Waals surface area contributed by atoms with Crippen LogP contribution < -0.4 is 0 Å². The molecule has 1 N–H and O–H groups in total. The molecule has 0 aromatic carbocycles. The molecule has 0 unspecified atom stereocenters. The van der Waals surface area contributed by atoms with E-state index in [2.05, 4.69) is 66.7 Å². The van der Waals surface area contributed by atoms with Crippen LogP contribution >= 0.6 is 0 Å². The minimum Gasteiger partial charge on any atom is -0.393 e. The van der Waals surface area contributed by atoms with Crippen molar-refractivity contribution in [2.75, 3.05) is 0 Å². The summed E-state index contributed by atoms with van der Waals surface area (Å²) in [5.41, 5.74) is 3.05. The minimum absolute atomic E-state index is 0.0567. The molecule has 3 saturated carbocycles. The second-order valence-electron chi connectivity index (χ2n) is 13.1. The zero-order valence-corrected chi connectivity index (χ0v) is 21.6. The summed E-state index contributed by atoms with van der Waals surface area (Å²) >= 11 is 0. The van der Waals surface area contributed by atoms with Gasteiger partial charge in [-0.25, -0.2) is 0 Å². The van der Waals surface area contributed by atoms with Gasteiger partial charge in [-0.2, -0.15) is 0 Å². The van der Waals surface area contributed by atoms with Gasteiger partial charge in [0.2, 0.25) is 0 Å². The van der Waals surface area contributed by atoms with E-state index in [9.17, 15) is 5.11 Å². The molecule has 0 amide bonds. The Hall–Kier alpha value is -0.560. The lowest BCUT2D eigenvalue weighted by molar-refractivity contribution is -0.0608. The van der Waals surface area contributed by atoms with E-state index >= 15 is 0 Å². The van der Waals surface area contributed by atoms with Crippen molar-refractivity contribution >= 4 is 0 Å². The van der Waals surface area contributed by atoms with Gasteiger partial charge in [-0.1, -0.05) is 72.3 Å². The van der Waals surface area contributed by atoms with Crippen LogP contribution in [0, 0.1) is 51.8 Å². The molecule has 4 aliphatic rings. The highest BCUT2D eigenvalue weighted by atomic mass is 16.3. The second kappa shape index (κ2) is 8.34. The third-order valence-corrected chi connectivity index (χ3v) is 11.5. The average Bonchev–Trinajstić information content (AvgIpc) is 3.00.